The summed E-state index contributed by atoms with van der Waals surface area (Å²) >= 11 is 18.7. The maximum Gasteiger partial charge on any atom is 0.246 e. The molecular weight excluding hydrogens is 752 g/mol. The molecule has 4 aromatic carbocycles. The molecule has 6 rings (SSSR count). The predicted molar refractivity (Wildman–Crippen MR) is 216 cm³/mol. The quantitative estimate of drug-likeness (QED) is 0.111. The number of rotatable bonds is 13. The van der Waals surface area contributed by atoms with E-state index in [4.69, 9.17) is 49.0 Å². The number of piperazine rings is 1. The molecule has 1 aliphatic heterocycles. The number of aryl methyl sites for hydroxylation is 2. The number of carbonyl (C=O) groups is 1. The molecule has 0 saturated carbocycles. The molecule has 0 radical (unpaired) electrons. The number of aromatic nitrogens is 1. The average Bonchev–Trinajstić information content (AvgIpc) is 3.15. The fraction of sp³-hybridized carbons (Fsp3) is 0.238. The molecule has 1 aromatic heterocycles. The summed E-state index contributed by atoms with van der Waals surface area (Å²) in [5.41, 5.74) is 6.39. The van der Waals surface area contributed by atoms with Crippen LogP contribution < -0.4 is 14.2 Å². The van der Waals surface area contributed by atoms with E-state index in [9.17, 15) is 4.79 Å². The molecule has 276 valence electrons. The Kier molecular flexibility index (Phi) is 14.5. The van der Waals surface area contributed by atoms with Crippen LogP contribution in [-0.4, -0.2) is 53.5 Å². The standard InChI is InChI=1S/C42H40Cl3N3O4.ClH/c1-29-3-5-33(6-4-29)28-51-36-13-15-40(46-26-36)52-42-30(2)23-34(24-39(42)45)11-16-41(49)48-20-18-47(19-21-48)27-32-9-7-31(8-10-32)17-22-50-35-12-14-37(43)38(44)25-35;/h3-16,23-26H,17-22,27-28H2,1-2H3;1H/b16-11+;. The number of ether oxygens (including phenoxy) is 3. The minimum Gasteiger partial charge on any atom is -0.493 e. The molecule has 0 unspecified atom stereocenters. The van der Waals surface area contributed by atoms with Crippen LogP contribution >= 0.6 is 47.2 Å². The SMILES string of the molecule is Cc1ccc(COc2ccc(Oc3c(C)cc(/C=C/C(=O)N4CCN(Cc5ccc(CCOc6ccc(Cl)c(Cl)c6)cc5)CC4)cc3Cl)nc2)cc1.Cl. The van der Waals surface area contributed by atoms with E-state index in [0.29, 0.717) is 64.5 Å². The zero-order valence-corrected chi connectivity index (χ0v) is 32.7. The Bertz CT molecular complexity index is 1970. The molecule has 1 saturated heterocycles. The second-order valence-electron chi connectivity index (χ2n) is 12.8. The van der Waals surface area contributed by atoms with E-state index in [1.165, 1.54) is 16.7 Å². The van der Waals surface area contributed by atoms with Gasteiger partial charge >= 0.3 is 0 Å². The van der Waals surface area contributed by atoms with E-state index in [0.717, 1.165) is 42.7 Å². The average molecular weight is 794 g/mol. The highest BCUT2D eigenvalue weighted by molar-refractivity contribution is 6.42. The van der Waals surface area contributed by atoms with Gasteiger partial charge in [0.2, 0.25) is 11.8 Å². The van der Waals surface area contributed by atoms with Crippen molar-refractivity contribution >= 4 is 59.2 Å². The van der Waals surface area contributed by atoms with Crippen LogP contribution in [0.15, 0.2) is 103 Å². The van der Waals surface area contributed by atoms with Gasteiger partial charge in [0.1, 0.15) is 18.1 Å². The van der Waals surface area contributed by atoms with Crippen LogP contribution in [0.5, 0.6) is 23.1 Å². The summed E-state index contributed by atoms with van der Waals surface area (Å²) in [7, 11) is 0. The summed E-state index contributed by atoms with van der Waals surface area (Å²) in [5, 5.41) is 1.43. The van der Waals surface area contributed by atoms with Gasteiger partial charge in [0, 0.05) is 57.4 Å². The molecule has 11 heteroatoms. The summed E-state index contributed by atoms with van der Waals surface area (Å²) in [5.74, 6) is 2.26. The Morgan fingerprint density at radius 1 is 0.755 bits per heavy atom. The molecule has 1 aliphatic rings. The van der Waals surface area contributed by atoms with Gasteiger partial charge in [-0.05, 0) is 78.1 Å². The van der Waals surface area contributed by atoms with Crippen molar-refractivity contribution in [3.05, 3.63) is 152 Å². The molecule has 0 spiro atoms. The van der Waals surface area contributed by atoms with Crippen molar-refractivity contribution in [1.29, 1.82) is 0 Å². The maximum atomic E-state index is 13.1. The van der Waals surface area contributed by atoms with Crippen molar-refractivity contribution in [3.8, 4) is 23.1 Å². The number of hydrogen-bond acceptors (Lipinski definition) is 6. The van der Waals surface area contributed by atoms with E-state index in [1.807, 2.05) is 42.2 Å². The summed E-state index contributed by atoms with van der Waals surface area (Å²) in [6.07, 6.45) is 5.83. The summed E-state index contributed by atoms with van der Waals surface area (Å²) in [6, 6.07) is 29.4. The second-order valence-corrected chi connectivity index (χ2v) is 14.0. The van der Waals surface area contributed by atoms with Crippen LogP contribution in [0.25, 0.3) is 6.08 Å². The van der Waals surface area contributed by atoms with Crippen LogP contribution in [-0.2, 0) is 24.4 Å². The lowest BCUT2D eigenvalue weighted by Crippen LogP contribution is -2.47. The molecule has 5 aromatic rings. The van der Waals surface area contributed by atoms with Gasteiger partial charge in [-0.15, -0.1) is 12.4 Å². The normalized spacial score (nSPS) is 13.1. The van der Waals surface area contributed by atoms with Gasteiger partial charge < -0.3 is 19.1 Å². The highest BCUT2D eigenvalue weighted by atomic mass is 35.5. The molecule has 1 fully saturated rings. The number of benzene rings is 4. The fourth-order valence-corrected chi connectivity index (χ4v) is 6.37. The summed E-state index contributed by atoms with van der Waals surface area (Å²) in [4.78, 5) is 21.7. The number of hydrogen-bond donors (Lipinski definition) is 0. The van der Waals surface area contributed by atoms with E-state index >= 15 is 0 Å². The molecule has 0 bridgehead atoms. The Morgan fingerprint density at radius 3 is 2.13 bits per heavy atom. The summed E-state index contributed by atoms with van der Waals surface area (Å²) in [6.45, 7) is 8.78. The first-order valence-corrected chi connectivity index (χ1v) is 18.3. The monoisotopic (exact) mass is 791 g/mol. The van der Waals surface area contributed by atoms with Crippen molar-refractivity contribution < 1.29 is 19.0 Å². The van der Waals surface area contributed by atoms with Crippen molar-refractivity contribution in [1.82, 2.24) is 14.8 Å². The van der Waals surface area contributed by atoms with E-state index < -0.39 is 0 Å². The Labute approximate surface area is 332 Å². The lowest BCUT2D eigenvalue weighted by molar-refractivity contribution is -0.127. The third-order valence-corrected chi connectivity index (χ3v) is 9.80. The minimum absolute atomic E-state index is 0. The van der Waals surface area contributed by atoms with Crippen molar-refractivity contribution in [2.24, 2.45) is 0 Å². The first-order valence-electron chi connectivity index (χ1n) is 17.2. The van der Waals surface area contributed by atoms with Gasteiger partial charge in [0.15, 0.2) is 5.75 Å². The first kappa shape index (κ1) is 40.0. The third-order valence-electron chi connectivity index (χ3n) is 8.78. The van der Waals surface area contributed by atoms with Gasteiger partial charge in [-0.1, -0.05) is 88.9 Å². The smallest absolute Gasteiger partial charge is 0.246 e. The van der Waals surface area contributed by atoms with Gasteiger partial charge in [-0.3, -0.25) is 9.69 Å². The number of halogens is 4. The minimum atomic E-state index is -0.0184. The molecule has 0 N–H and O–H groups in total. The van der Waals surface area contributed by atoms with Crippen LogP contribution in [0.2, 0.25) is 15.1 Å². The van der Waals surface area contributed by atoms with Gasteiger partial charge in [-0.2, -0.15) is 0 Å². The van der Waals surface area contributed by atoms with Crippen molar-refractivity contribution in [3.63, 3.8) is 0 Å². The molecule has 0 atom stereocenters. The molecule has 7 nitrogen and oxygen atoms in total. The summed E-state index contributed by atoms with van der Waals surface area (Å²) < 4.78 is 17.7. The van der Waals surface area contributed by atoms with Crippen LogP contribution in [0.3, 0.4) is 0 Å². The van der Waals surface area contributed by atoms with E-state index in [2.05, 4.69) is 53.2 Å². The molecule has 0 aliphatic carbocycles. The lowest BCUT2D eigenvalue weighted by Gasteiger charge is -2.34. The van der Waals surface area contributed by atoms with Gasteiger partial charge in [0.05, 0.1) is 27.9 Å². The number of amides is 1. The topological polar surface area (TPSA) is 64.1 Å². The predicted octanol–water partition coefficient (Wildman–Crippen LogP) is 10.4. The lowest BCUT2D eigenvalue weighted by atomic mass is 10.1. The molecule has 1 amide bonds. The van der Waals surface area contributed by atoms with Crippen LogP contribution in [0.4, 0.5) is 0 Å². The van der Waals surface area contributed by atoms with Crippen molar-refractivity contribution in [2.45, 2.75) is 33.4 Å². The Hall–Kier alpha value is -4.24. The zero-order valence-electron chi connectivity index (χ0n) is 29.6. The molecule has 53 heavy (non-hydrogen) atoms. The highest BCUT2D eigenvalue weighted by Gasteiger charge is 2.20. The number of pyridine rings is 1. The molecule has 2 heterocycles. The maximum absolute atomic E-state index is 13.1. The first-order chi connectivity index (χ1) is 25.2. The Morgan fingerprint density at radius 2 is 1.45 bits per heavy atom. The van der Waals surface area contributed by atoms with Crippen LogP contribution in [0.1, 0.15) is 33.4 Å². The van der Waals surface area contributed by atoms with E-state index in [1.54, 1.807) is 42.6 Å². The van der Waals surface area contributed by atoms with E-state index in [-0.39, 0.29) is 18.3 Å². The van der Waals surface area contributed by atoms with Gasteiger partial charge in [-0.25, -0.2) is 4.98 Å². The number of nitrogens with zero attached hydrogens (tertiary/aromatic N) is 3. The fourth-order valence-electron chi connectivity index (χ4n) is 5.77. The number of carbonyl (C=O) groups excluding carboxylic acids is 1. The second kappa shape index (κ2) is 19.2. The third kappa shape index (κ3) is 11.6. The largest absolute Gasteiger partial charge is 0.493 e. The van der Waals surface area contributed by atoms with Gasteiger partial charge in [0.25, 0.3) is 0 Å². The van der Waals surface area contributed by atoms with Crippen molar-refractivity contribution in [2.75, 3.05) is 32.8 Å². The molecular formula is C42H41Cl4N3O4. The zero-order chi connectivity index (χ0) is 36.5. The highest BCUT2D eigenvalue weighted by Crippen LogP contribution is 2.34. The van der Waals surface area contributed by atoms with Crippen LogP contribution in [0, 0.1) is 13.8 Å². The Balaban J connectivity index is 0.00000541.